The molecule has 0 aliphatic carbocycles. The lowest BCUT2D eigenvalue weighted by molar-refractivity contribution is -0.120. The number of carbonyl (C=O) groups excluding carboxylic acids is 2. The molecule has 0 atom stereocenters. The van der Waals surface area contributed by atoms with Crippen molar-refractivity contribution < 1.29 is 9.59 Å². The molecular formula is C21H19N3O2S. The number of rotatable bonds is 6. The monoisotopic (exact) mass is 377 g/mol. The van der Waals surface area contributed by atoms with Crippen LogP contribution in [0.4, 0.5) is 5.69 Å². The molecule has 2 amide bonds. The topological polar surface area (TPSA) is 70.6 Å². The average molecular weight is 377 g/mol. The molecule has 6 heteroatoms. The van der Waals surface area contributed by atoms with Gasteiger partial charge in [-0.3, -0.25) is 9.59 Å². The quantitative estimate of drug-likeness (QED) is 0.503. The second kappa shape index (κ2) is 8.91. The lowest BCUT2D eigenvalue weighted by atomic mass is 10.1. The average Bonchev–Trinajstić information content (AvgIpc) is 3.15. The molecule has 1 aromatic heterocycles. The minimum atomic E-state index is -0.173. The highest BCUT2D eigenvalue weighted by molar-refractivity contribution is 7.10. The highest BCUT2D eigenvalue weighted by Gasteiger charge is 2.06. The molecular weight excluding hydrogens is 358 g/mol. The third-order valence-corrected chi connectivity index (χ3v) is 4.65. The molecule has 0 aliphatic rings. The Morgan fingerprint density at radius 1 is 1.07 bits per heavy atom. The lowest BCUT2D eigenvalue weighted by Gasteiger charge is -2.06. The van der Waals surface area contributed by atoms with Crippen LogP contribution in [0.15, 0.2) is 71.1 Å². The van der Waals surface area contributed by atoms with Crippen LogP contribution in [0.2, 0.25) is 0 Å². The number of nitrogens with one attached hydrogen (secondary N) is 2. The van der Waals surface area contributed by atoms with Crippen molar-refractivity contribution in [1.29, 1.82) is 0 Å². The van der Waals surface area contributed by atoms with Gasteiger partial charge in [0.05, 0.1) is 12.6 Å². The first-order valence-electron chi connectivity index (χ1n) is 8.42. The summed E-state index contributed by atoms with van der Waals surface area (Å²) in [5.41, 5.74) is 5.64. The third-order valence-electron chi connectivity index (χ3n) is 3.78. The maximum Gasteiger partial charge on any atom is 0.255 e. The van der Waals surface area contributed by atoms with E-state index in [1.54, 1.807) is 30.5 Å². The summed E-state index contributed by atoms with van der Waals surface area (Å²) in [6.07, 6.45) is 1.86. The smallest absolute Gasteiger partial charge is 0.255 e. The Balaban J connectivity index is 1.57. The van der Waals surface area contributed by atoms with E-state index in [-0.39, 0.29) is 11.8 Å². The number of nitrogens with zero attached hydrogens (tertiary/aromatic N) is 1. The Kier molecular flexibility index (Phi) is 6.12. The van der Waals surface area contributed by atoms with Gasteiger partial charge in [0, 0.05) is 16.1 Å². The highest BCUT2D eigenvalue weighted by Crippen LogP contribution is 2.12. The second-order valence-corrected chi connectivity index (χ2v) is 7.03. The van der Waals surface area contributed by atoms with Gasteiger partial charge in [0.25, 0.3) is 5.91 Å². The maximum absolute atomic E-state index is 12.3. The van der Waals surface area contributed by atoms with Gasteiger partial charge in [0.15, 0.2) is 0 Å². The molecule has 0 saturated carbocycles. The molecule has 3 rings (SSSR count). The minimum absolute atomic E-state index is 0.169. The van der Waals surface area contributed by atoms with E-state index >= 15 is 0 Å². The minimum Gasteiger partial charge on any atom is -0.322 e. The zero-order chi connectivity index (χ0) is 19.1. The number of amides is 2. The predicted molar refractivity (Wildman–Crippen MR) is 109 cm³/mol. The molecule has 0 bridgehead atoms. The molecule has 136 valence electrons. The first-order chi connectivity index (χ1) is 13.1. The number of thiophene rings is 1. The van der Waals surface area contributed by atoms with E-state index < -0.39 is 0 Å². The Morgan fingerprint density at radius 3 is 2.63 bits per heavy atom. The Labute approximate surface area is 161 Å². The number of hydrogen-bond acceptors (Lipinski definition) is 4. The summed E-state index contributed by atoms with van der Waals surface area (Å²) in [4.78, 5) is 25.1. The van der Waals surface area contributed by atoms with E-state index in [0.717, 1.165) is 16.0 Å². The lowest BCUT2D eigenvalue weighted by Crippen LogP contribution is -2.19. The summed E-state index contributed by atoms with van der Waals surface area (Å²) < 4.78 is 0. The molecule has 3 aromatic rings. The van der Waals surface area contributed by atoms with Crippen LogP contribution < -0.4 is 10.7 Å². The molecule has 27 heavy (non-hydrogen) atoms. The van der Waals surface area contributed by atoms with Crippen molar-refractivity contribution in [3.05, 3.63) is 87.6 Å². The van der Waals surface area contributed by atoms with Gasteiger partial charge in [0.2, 0.25) is 5.91 Å². The van der Waals surface area contributed by atoms with Crippen molar-refractivity contribution in [1.82, 2.24) is 5.43 Å². The number of benzene rings is 2. The molecule has 2 N–H and O–H groups in total. The standard InChI is InChI=1S/C21H19N3O2S/c1-15-7-9-17(10-8-15)21(26)23-18-5-2-4-16(12-18)14-22-24-20(25)13-19-6-3-11-27-19/h2-12,14H,13H2,1H3,(H,23,26)(H,24,25)/b22-14+. The number of carbonyl (C=O) groups is 2. The van der Waals surface area contributed by atoms with E-state index in [1.165, 1.54) is 11.3 Å². The van der Waals surface area contributed by atoms with E-state index in [1.807, 2.05) is 48.7 Å². The molecule has 0 unspecified atom stereocenters. The van der Waals surface area contributed by atoms with Gasteiger partial charge in [-0.1, -0.05) is 35.9 Å². The first-order valence-corrected chi connectivity index (χ1v) is 9.30. The molecule has 0 aliphatic heterocycles. The van der Waals surface area contributed by atoms with Crippen molar-refractivity contribution in [3.63, 3.8) is 0 Å². The molecule has 5 nitrogen and oxygen atoms in total. The van der Waals surface area contributed by atoms with Crippen LogP contribution in [0.25, 0.3) is 0 Å². The Bertz CT molecular complexity index is 948. The van der Waals surface area contributed by atoms with Gasteiger partial charge in [-0.2, -0.15) is 5.10 Å². The summed E-state index contributed by atoms with van der Waals surface area (Å²) >= 11 is 1.53. The molecule has 2 aromatic carbocycles. The van der Waals surface area contributed by atoms with Crippen LogP contribution in [0.1, 0.15) is 26.4 Å². The van der Waals surface area contributed by atoms with Gasteiger partial charge in [-0.15, -0.1) is 11.3 Å². The zero-order valence-electron chi connectivity index (χ0n) is 14.8. The van der Waals surface area contributed by atoms with Crippen LogP contribution in [-0.4, -0.2) is 18.0 Å². The largest absolute Gasteiger partial charge is 0.322 e. The van der Waals surface area contributed by atoms with Crippen molar-refractivity contribution in [2.45, 2.75) is 13.3 Å². The molecule has 0 fully saturated rings. The molecule has 1 heterocycles. The van der Waals surface area contributed by atoms with Gasteiger partial charge in [-0.05, 0) is 48.2 Å². The SMILES string of the molecule is Cc1ccc(C(=O)Nc2cccc(/C=N/NC(=O)Cc3cccs3)c2)cc1. The van der Waals surface area contributed by atoms with Crippen molar-refractivity contribution in [3.8, 4) is 0 Å². The van der Waals surface area contributed by atoms with E-state index in [2.05, 4.69) is 15.8 Å². The van der Waals surface area contributed by atoms with Gasteiger partial charge in [-0.25, -0.2) is 5.43 Å². The van der Waals surface area contributed by atoms with Gasteiger partial charge < -0.3 is 5.32 Å². The highest BCUT2D eigenvalue weighted by atomic mass is 32.1. The first kappa shape index (κ1) is 18.5. The van der Waals surface area contributed by atoms with Crippen LogP contribution in [0.3, 0.4) is 0 Å². The number of anilines is 1. The summed E-state index contributed by atoms with van der Waals surface area (Å²) in [7, 11) is 0. The Morgan fingerprint density at radius 2 is 1.89 bits per heavy atom. The van der Waals surface area contributed by atoms with Crippen LogP contribution in [-0.2, 0) is 11.2 Å². The summed E-state index contributed by atoms with van der Waals surface area (Å²) in [5.74, 6) is -0.342. The van der Waals surface area contributed by atoms with Gasteiger partial charge >= 0.3 is 0 Å². The van der Waals surface area contributed by atoms with E-state index in [9.17, 15) is 9.59 Å². The van der Waals surface area contributed by atoms with Crippen molar-refractivity contribution in [2.24, 2.45) is 5.10 Å². The van der Waals surface area contributed by atoms with Crippen LogP contribution in [0.5, 0.6) is 0 Å². The fourth-order valence-corrected chi connectivity index (χ4v) is 3.10. The number of hydrogen-bond donors (Lipinski definition) is 2. The number of hydrazone groups is 1. The van der Waals surface area contributed by atoms with Gasteiger partial charge in [0.1, 0.15) is 0 Å². The summed E-state index contributed by atoms with van der Waals surface area (Å²) in [6, 6.07) is 18.5. The normalized spacial score (nSPS) is 10.7. The van der Waals surface area contributed by atoms with Crippen molar-refractivity contribution >= 4 is 35.1 Å². The number of aryl methyl sites for hydroxylation is 1. The molecule has 0 saturated heterocycles. The van der Waals surface area contributed by atoms with Crippen LogP contribution in [0, 0.1) is 6.92 Å². The summed E-state index contributed by atoms with van der Waals surface area (Å²) in [6.45, 7) is 1.98. The second-order valence-electron chi connectivity index (χ2n) is 5.99. The predicted octanol–water partition coefficient (Wildman–Crippen LogP) is 4.00. The molecule has 0 radical (unpaired) electrons. The van der Waals surface area contributed by atoms with E-state index in [0.29, 0.717) is 17.7 Å². The summed E-state index contributed by atoms with van der Waals surface area (Å²) in [5, 5.41) is 8.77. The third kappa shape index (κ3) is 5.62. The zero-order valence-corrected chi connectivity index (χ0v) is 15.6. The molecule has 0 spiro atoms. The fourth-order valence-electron chi connectivity index (χ4n) is 2.39. The Hall–Kier alpha value is -3.25. The fraction of sp³-hybridized carbons (Fsp3) is 0.0952. The van der Waals surface area contributed by atoms with Crippen molar-refractivity contribution in [2.75, 3.05) is 5.32 Å². The maximum atomic E-state index is 12.3. The van der Waals surface area contributed by atoms with Crippen LogP contribution >= 0.6 is 11.3 Å². The van der Waals surface area contributed by atoms with E-state index in [4.69, 9.17) is 0 Å².